The van der Waals surface area contributed by atoms with Crippen LogP contribution in [0.2, 0.25) is 10.0 Å². The summed E-state index contributed by atoms with van der Waals surface area (Å²) >= 11 is 13.4. The molecular formula is C12H14Cl2OS. The van der Waals surface area contributed by atoms with Crippen LogP contribution in [0, 0.1) is 0 Å². The summed E-state index contributed by atoms with van der Waals surface area (Å²) in [6.45, 7) is 4.24. The van der Waals surface area contributed by atoms with Crippen LogP contribution in [0.4, 0.5) is 0 Å². The number of halogens is 2. The lowest BCUT2D eigenvalue weighted by molar-refractivity contribution is 0.0989. The summed E-state index contributed by atoms with van der Waals surface area (Å²) in [5.74, 6) is 0.961. The second-order valence-corrected chi connectivity index (χ2v) is 6.22. The molecule has 0 radical (unpaired) electrons. The lowest BCUT2D eigenvalue weighted by Gasteiger charge is -2.05. The van der Waals surface area contributed by atoms with Crippen LogP contribution in [-0.2, 0) is 0 Å². The van der Waals surface area contributed by atoms with E-state index in [0.717, 1.165) is 5.75 Å². The summed E-state index contributed by atoms with van der Waals surface area (Å²) in [5, 5.41) is 1.47. The van der Waals surface area contributed by atoms with Crippen molar-refractivity contribution in [1.82, 2.24) is 0 Å². The molecule has 88 valence electrons. The first-order valence-corrected chi connectivity index (χ1v) is 6.91. The van der Waals surface area contributed by atoms with Crippen LogP contribution in [0.5, 0.6) is 0 Å². The zero-order valence-corrected chi connectivity index (χ0v) is 11.6. The summed E-state index contributed by atoms with van der Waals surface area (Å²) in [4.78, 5) is 11.8. The van der Waals surface area contributed by atoms with E-state index < -0.39 is 0 Å². The van der Waals surface area contributed by atoms with Crippen molar-refractivity contribution in [3.8, 4) is 0 Å². The lowest BCUT2D eigenvalue weighted by atomic mass is 10.1. The van der Waals surface area contributed by atoms with Crippen molar-refractivity contribution in [2.75, 3.05) is 5.75 Å². The minimum absolute atomic E-state index is 0.117. The van der Waals surface area contributed by atoms with Crippen LogP contribution in [0.3, 0.4) is 0 Å². The Bertz CT molecular complexity index is 377. The molecular weight excluding hydrogens is 263 g/mol. The number of Topliss-reactive ketones (excluding diaryl/α,β-unsaturated/α-hetero) is 1. The van der Waals surface area contributed by atoms with Gasteiger partial charge in [-0.25, -0.2) is 0 Å². The fourth-order valence-corrected chi connectivity index (χ4v) is 2.27. The Kier molecular flexibility index (Phi) is 5.67. The molecule has 1 aromatic rings. The lowest BCUT2D eigenvalue weighted by Crippen LogP contribution is -2.02. The molecule has 0 saturated heterocycles. The average Bonchev–Trinajstić information content (AvgIpc) is 2.21. The monoisotopic (exact) mass is 276 g/mol. The van der Waals surface area contributed by atoms with Gasteiger partial charge in [0.2, 0.25) is 0 Å². The highest BCUT2D eigenvalue weighted by molar-refractivity contribution is 7.99. The number of thioether (sulfide) groups is 1. The molecule has 1 rings (SSSR count). The number of carbonyl (C=O) groups is 1. The van der Waals surface area contributed by atoms with Gasteiger partial charge in [-0.2, -0.15) is 11.8 Å². The summed E-state index contributed by atoms with van der Waals surface area (Å²) in [7, 11) is 0. The molecule has 1 nitrogen and oxygen atoms in total. The van der Waals surface area contributed by atoms with Gasteiger partial charge in [0.15, 0.2) is 5.78 Å². The largest absolute Gasteiger partial charge is 0.294 e. The minimum atomic E-state index is 0.117. The van der Waals surface area contributed by atoms with E-state index in [-0.39, 0.29) is 5.78 Å². The Labute approximate surface area is 111 Å². The highest BCUT2D eigenvalue weighted by Crippen LogP contribution is 2.23. The van der Waals surface area contributed by atoms with E-state index in [0.29, 0.717) is 27.3 Å². The van der Waals surface area contributed by atoms with Gasteiger partial charge in [-0.15, -0.1) is 0 Å². The Morgan fingerprint density at radius 3 is 2.56 bits per heavy atom. The minimum Gasteiger partial charge on any atom is -0.294 e. The standard InChI is InChI=1S/C12H14Cl2OS/c1-8(2)16-6-5-12(15)9-3-4-10(13)11(14)7-9/h3-4,7-8H,5-6H2,1-2H3. The third kappa shape index (κ3) is 4.36. The van der Waals surface area contributed by atoms with Crippen LogP contribution in [-0.4, -0.2) is 16.8 Å². The van der Waals surface area contributed by atoms with Crippen molar-refractivity contribution in [3.63, 3.8) is 0 Å². The second-order valence-electron chi connectivity index (χ2n) is 3.72. The molecule has 0 aromatic heterocycles. The summed E-state index contributed by atoms with van der Waals surface area (Å²) in [6.07, 6.45) is 0.542. The number of hydrogen-bond donors (Lipinski definition) is 0. The van der Waals surface area contributed by atoms with Crippen molar-refractivity contribution >= 4 is 40.7 Å². The number of rotatable bonds is 5. The van der Waals surface area contributed by atoms with Gasteiger partial charge < -0.3 is 0 Å². The van der Waals surface area contributed by atoms with Crippen LogP contribution < -0.4 is 0 Å². The van der Waals surface area contributed by atoms with Crippen LogP contribution >= 0.6 is 35.0 Å². The molecule has 0 amide bonds. The third-order valence-electron chi connectivity index (χ3n) is 2.02. The van der Waals surface area contributed by atoms with Gasteiger partial charge in [0.25, 0.3) is 0 Å². The number of benzene rings is 1. The maximum absolute atomic E-state index is 11.8. The van der Waals surface area contributed by atoms with Crippen molar-refractivity contribution in [2.24, 2.45) is 0 Å². The Morgan fingerprint density at radius 1 is 1.31 bits per heavy atom. The van der Waals surface area contributed by atoms with Gasteiger partial charge >= 0.3 is 0 Å². The van der Waals surface area contributed by atoms with E-state index in [1.807, 2.05) is 0 Å². The predicted molar refractivity (Wildman–Crippen MR) is 73.0 cm³/mol. The number of ketones is 1. The molecule has 1 aromatic carbocycles. The van der Waals surface area contributed by atoms with Gasteiger partial charge in [-0.05, 0) is 23.4 Å². The maximum atomic E-state index is 11.8. The zero-order valence-electron chi connectivity index (χ0n) is 9.30. The summed E-state index contributed by atoms with van der Waals surface area (Å²) < 4.78 is 0. The first-order chi connectivity index (χ1) is 7.50. The molecule has 0 heterocycles. The third-order valence-corrected chi connectivity index (χ3v) is 3.87. The van der Waals surface area contributed by atoms with E-state index >= 15 is 0 Å². The molecule has 4 heteroatoms. The van der Waals surface area contributed by atoms with Crippen molar-refractivity contribution in [3.05, 3.63) is 33.8 Å². The fourth-order valence-electron chi connectivity index (χ4n) is 1.20. The molecule has 0 aliphatic rings. The molecule has 0 saturated carbocycles. The molecule has 0 N–H and O–H groups in total. The zero-order chi connectivity index (χ0) is 12.1. The van der Waals surface area contributed by atoms with Gasteiger partial charge in [0, 0.05) is 17.7 Å². The molecule has 0 atom stereocenters. The Hall–Kier alpha value is -0.180. The highest BCUT2D eigenvalue weighted by Gasteiger charge is 2.08. The first-order valence-electron chi connectivity index (χ1n) is 5.10. The van der Waals surface area contributed by atoms with Crippen LogP contribution in [0.15, 0.2) is 18.2 Å². The van der Waals surface area contributed by atoms with Crippen molar-refractivity contribution < 1.29 is 4.79 Å². The molecule has 16 heavy (non-hydrogen) atoms. The van der Waals surface area contributed by atoms with Crippen LogP contribution in [0.1, 0.15) is 30.6 Å². The average molecular weight is 277 g/mol. The molecule has 0 aliphatic carbocycles. The Morgan fingerprint density at radius 2 is 2.00 bits per heavy atom. The van der Waals surface area contributed by atoms with E-state index in [2.05, 4.69) is 13.8 Å². The van der Waals surface area contributed by atoms with E-state index in [4.69, 9.17) is 23.2 Å². The quantitative estimate of drug-likeness (QED) is 0.725. The van der Waals surface area contributed by atoms with Gasteiger partial charge in [-0.1, -0.05) is 37.0 Å². The van der Waals surface area contributed by atoms with Crippen molar-refractivity contribution in [1.29, 1.82) is 0 Å². The smallest absolute Gasteiger partial charge is 0.163 e. The van der Waals surface area contributed by atoms with Gasteiger partial charge in [0.05, 0.1) is 10.0 Å². The molecule has 0 bridgehead atoms. The maximum Gasteiger partial charge on any atom is 0.163 e. The normalized spacial score (nSPS) is 10.8. The molecule has 0 spiro atoms. The molecule has 0 aliphatic heterocycles. The fraction of sp³-hybridized carbons (Fsp3) is 0.417. The van der Waals surface area contributed by atoms with E-state index in [1.54, 1.807) is 30.0 Å². The second kappa shape index (κ2) is 6.53. The summed E-state index contributed by atoms with van der Waals surface area (Å²) in [5.41, 5.74) is 0.638. The molecule has 0 unspecified atom stereocenters. The number of hydrogen-bond acceptors (Lipinski definition) is 2. The van der Waals surface area contributed by atoms with E-state index in [1.165, 1.54) is 0 Å². The van der Waals surface area contributed by atoms with Gasteiger partial charge in [0.1, 0.15) is 0 Å². The van der Waals surface area contributed by atoms with E-state index in [9.17, 15) is 4.79 Å². The predicted octanol–water partition coefficient (Wildman–Crippen LogP) is 4.71. The Balaban J connectivity index is 2.56. The molecule has 0 fully saturated rings. The highest BCUT2D eigenvalue weighted by atomic mass is 35.5. The van der Waals surface area contributed by atoms with Gasteiger partial charge in [-0.3, -0.25) is 4.79 Å². The first kappa shape index (κ1) is 13.9. The number of carbonyl (C=O) groups excluding carboxylic acids is 1. The SMILES string of the molecule is CC(C)SCCC(=O)c1ccc(Cl)c(Cl)c1. The summed E-state index contributed by atoms with van der Waals surface area (Å²) in [6, 6.07) is 5.01. The topological polar surface area (TPSA) is 17.1 Å². The van der Waals surface area contributed by atoms with Crippen LogP contribution in [0.25, 0.3) is 0 Å². The van der Waals surface area contributed by atoms with Crippen molar-refractivity contribution in [2.45, 2.75) is 25.5 Å².